The first-order valence-electron chi connectivity index (χ1n) is 9.34. The summed E-state index contributed by atoms with van der Waals surface area (Å²) in [5.41, 5.74) is 3.93. The van der Waals surface area contributed by atoms with Crippen LogP contribution in [0.2, 0.25) is 0 Å². The fourth-order valence-corrected chi connectivity index (χ4v) is 3.78. The number of nitrogens with zero attached hydrogens (tertiary/aromatic N) is 3. The maximum atomic E-state index is 11.4. The molecule has 0 aliphatic heterocycles. The van der Waals surface area contributed by atoms with Crippen LogP contribution >= 0.6 is 0 Å². The molecule has 4 N–H and O–H groups in total. The molecule has 0 aliphatic rings. The normalized spacial score (nSPS) is 11.6. The Morgan fingerprint density at radius 2 is 1.94 bits per heavy atom. The Bertz CT molecular complexity index is 1360. The number of phenols is 1. The van der Waals surface area contributed by atoms with Crippen molar-refractivity contribution in [3.8, 4) is 22.8 Å². The summed E-state index contributed by atoms with van der Waals surface area (Å²) in [4.78, 5) is 9.13. The van der Waals surface area contributed by atoms with Crippen molar-refractivity contribution in [3.05, 3.63) is 66.1 Å². The fourth-order valence-electron chi connectivity index (χ4n) is 3.26. The number of hydrogen-bond donors (Lipinski definition) is 3. The number of sulfonamides is 1. The average molecular weight is 439 g/mol. The van der Waals surface area contributed by atoms with Gasteiger partial charge in [-0.3, -0.25) is 4.40 Å². The summed E-state index contributed by atoms with van der Waals surface area (Å²) >= 11 is 0. The van der Waals surface area contributed by atoms with E-state index in [4.69, 9.17) is 9.88 Å². The average Bonchev–Trinajstić information content (AvgIpc) is 3.16. The van der Waals surface area contributed by atoms with Crippen molar-refractivity contribution in [2.75, 3.05) is 12.4 Å². The van der Waals surface area contributed by atoms with Crippen molar-refractivity contribution in [1.29, 1.82) is 0 Å². The largest absolute Gasteiger partial charge is 0.504 e. The molecule has 9 nitrogen and oxygen atoms in total. The van der Waals surface area contributed by atoms with Crippen LogP contribution in [0.4, 0.5) is 5.82 Å². The third-order valence-electron chi connectivity index (χ3n) is 4.80. The van der Waals surface area contributed by atoms with Crippen molar-refractivity contribution in [1.82, 2.24) is 14.4 Å². The second-order valence-corrected chi connectivity index (χ2v) is 8.56. The summed E-state index contributed by atoms with van der Waals surface area (Å²) < 4.78 is 29.9. The second kappa shape index (κ2) is 7.89. The summed E-state index contributed by atoms with van der Waals surface area (Å²) in [7, 11) is -2.22. The molecule has 160 valence electrons. The van der Waals surface area contributed by atoms with Crippen LogP contribution in [0.3, 0.4) is 0 Å². The van der Waals surface area contributed by atoms with Crippen LogP contribution < -0.4 is 15.2 Å². The van der Waals surface area contributed by atoms with E-state index in [1.165, 1.54) is 19.2 Å². The van der Waals surface area contributed by atoms with Crippen LogP contribution in [-0.2, 0) is 16.6 Å². The number of nitrogens with one attached hydrogen (secondary N) is 1. The third-order valence-corrected chi connectivity index (χ3v) is 5.73. The molecule has 4 aromatic rings. The van der Waals surface area contributed by atoms with Gasteiger partial charge in [0.1, 0.15) is 0 Å². The molecule has 2 aromatic heterocycles. The van der Waals surface area contributed by atoms with Gasteiger partial charge < -0.3 is 15.2 Å². The van der Waals surface area contributed by atoms with Gasteiger partial charge in [0.05, 0.1) is 29.6 Å². The van der Waals surface area contributed by atoms with E-state index in [0.717, 1.165) is 22.5 Å². The van der Waals surface area contributed by atoms with Gasteiger partial charge in [-0.2, -0.15) is 0 Å². The minimum absolute atomic E-state index is 0.0636. The lowest BCUT2D eigenvalue weighted by Gasteiger charge is -2.11. The number of aryl methyl sites for hydroxylation is 1. The maximum absolute atomic E-state index is 11.4. The van der Waals surface area contributed by atoms with E-state index in [9.17, 15) is 13.5 Å². The molecule has 0 bridgehead atoms. The van der Waals surface area contributed by atoms with Gasteiger partial charge in [0.25, 0.3) is 0 Å². The summed E-state index contributed by atoms with van der Waals surface area (Å²) in [5.74, 6) is 1.03. The number of imidazole rings is 1. The van der Waals surface area contributed by atoms with Gasteiger partial charge in [0.2, 0.25) is 10.0 Å². The van der Waals surface area contributed by atoms with Crippen LogP contribution in [0.25, 0.3) is 16.9 Å². The molecule has 0 radical (unpaired) electrons. The van der Waals surface area contributed by atoms with E-state index in [1.807, 2.05) is 17.5 Å². The fraction of sp³-hybridized carbons (Fsp3) is 0.143. The smallest absolute Gasteiger partial charge is 0.238 e. The van der Waals surface area contributed by atoms with Crippen molar-refractivity contribution in [2.24, 2.45) is 5.14 Å². The van der Waals surface area contributed by atoms with E-state index in [2.05, 4.69) is 15.3 Å². The van der Waals surface area contributed by atoms with Crippen molar-refractivity contribution in [2.45, 2.75) is 18.4 Å². The highest BCUT2D eigenvalue weighted by Crippen LogP contribution is 2.32. The zero-order valence-corrected chi connectivity index (χ0v) is 17.7. The molecule has 0 amide bonds. The topological polar surface area (TPSA) is 132 Å². The number of benzene rings is 2. The third kappa shape index (κ3) is 4.16. The Balaban J connectivity index is 1.65. The summed E-state index contributed by atoms with van der Waals surface area (Å²) in [6, 6.07) is 11.4. The molecule has 31 heavy (non-hydrogen) atoms. The second-order valence-electron chi connectivity index (χ2n) is 7.00. The molecule has 10 heteroatoms. The van der Waals surface area contributed by atoms with E-state index in [0.29, 0.717) is 23.8 Å². The first-order valence-corrected chi connectivity index (χ1v) is 10.9. The van der Waals surface area contributed by atoms with Gasteiger partial charge in [0.15, 0.2) is 23.0 Å². The van der Waals surface area contributed by atoms with E-state index in [-0.39, 0.29) is 10.6 Å². The van der Waals surface area contributed by atoms with Crippen molar-refractivity contribution in [3.63, 3.8) is 0 Å². The lowest BCUT2D eigenvalue weighted by Crippen LogP contribution is -2.12. The monoisotopic (exact) mass is 439 g/mol. The minimum atomic E-state index is -3.72. The summed E-state index contributed by atoms with van der Waals surface area (Å²) in [6.45, 7) is 2.30. The first kappa shape index (κ1) is 20.6. The SMILES string of the molecule is COc1cc(-c2cnc3c(NCc4ccc(S(N)(=O)=O)cc4)nc(C)cn23)ccc1O. The number of aromatic hydroxyl groups is 1. The van der Waals surface area contributed by atoms with Gasteiger partial charge in [-0.05, 0) is 42.8 Å². The molecular formula is C21H21N5O4S. The maximum Gasteiger partial charge on any atom is 0.238 e. The molecular weight excluding hydrogens is 418 g/mol. The van der Waals surface area contributed by atoms with Crippen LogP contribution in [-0.4, -0.2) is 35.0 Å². The van der Waals surface area contributed by atoms with E-state index in [1.54, 1.807) is 36.5 Å². The number of hydrogen-bond acceptors (Lipinski definition) is 7. The molecule has 4 rings (SSSR count). The highest BCUT2D eigenvalue weighted by molar-refractivity contribution is 7.89. The van der Waals surface area contributed by atoms with Gasteiger partial charge in [0, 0.05) is 18.3 Å². The highest BCUT2D eigenvalue weighted by Gasteiger charge is 2.14. The number of nitrogens with two attached hydrogens (primary N) is 1. The standard InChI is InChI=1S/C21H21N5O4S/c1-13-12-26-17(15-5-8-18(27)19(9-15)30-2)11-24-21(26)20(25-13)23-10-14-3-6-16(7-4-14)31(22,28)29/h3-9,11-12,27H,10H2,1-2H3,(H,23,25)(H2,22,28,29). The Morgan fingerprint density at radius 3 is 2.61 bits per heavy atom. The zero-order valence-electron chi connectivity index (χ0n) is 16.9. The Labute approximate surface area is 179 Å². The number of rotatable bonds is 6. The molecule has 0 fully saturated rings. The Morgan fingerprint density at radius 1 is 1.19 bits per heavy atom. The molecule has 0 saturated carbocycles. The summed E-state index contributed by atoms with van der Waals surface area (Å²) in [5, 5.41) is 18.3. The molecule has 0 atom stereocenters. The van der Waals surface area contributed by atoms with Gasteiger partial charge in [-0.25, -0.2) is 23.5 Å². The van der Waals surface area contributed by atoms with Gasteiger partial charge in [-0.1, -0.05) is 12.1 Å². The Hall–Kier alpha value is -3.63. The van der Waals surface area contributed by atoms with Crippen molar-refractivity contribution < 1.29 is 18.3 Å². The highest BCUT2D eigenvalue weighted by atomic mass is 32.2. The summed E-state index contributed by atoms with van der Waals surface area (Å²) in [6.07, 6.45) is 3.61. The van der Waals surface area contributed by atoms with Crippen LogP contribution in [0.15, 0.2) is 59.8 Å². The zero-order chi connectivity index (χ0) is 22.2. The number of primary sulfonamides is 1. The number of phenolic OH excluding ortho intramolecular Hbond substituents is 1. The van der Waals surface area contributed by atoms with Crippen LogP contribution in [0.1, 0.15) is 11.3 Å². The number of fused-ring (bicyclic) bond motifs is 1. The minimum Gasteiger partial charge on any atom is -0.504 e. The number of aromatic nitrogens is 3. The molecule has 0 saturated heterocycles. The molecule has 2 aromatic carbocycles. The number of anilines is 1. The number of methoxy groups -OCH3 is 1. The van der Waals surface area contributed by atoms with Crippen LogP contribution in [0, 0.1) is 6.92 Å². The van der Waals surface area contributed by atoms with Crippen molar-refractivity contribution >= 4 is 21.5 Å². The molecule has 2 heterocycles. The lowest BCUT2D eigenvalue weighted by molar-refractivity contribution is 0.373. The van der Waals surface area contributed by atoms with Gasteiger partial charge >= 0.3 is 0 Å². The number of ether oxygens (including phenoxy) is 1. The quantitative estimate of drug-likeness (QED) is 0.421. The van der Waals surface area contributed by atoms with E-state index >= 15 is 0 Å². The lowest BCUT2D eigenvalue weighted by atomic mass is 10.1. The van der Waals surface area contributed by atoms with Crippen LogP contribution in [0.5, 0.6) is 11.5 Å². The Kier molecular flexibility index (Phi) is 5.25. The first-order chi connectivity index (χ1) is 14.8. The molecule has 0 unspecified atom stereocenters. The molecule has 0 spiro atoms. The predicted molar refractivity (Wildman–Crippen MR) is 117 cm³/mol. The predicted octanol–water partition coefficient (Wildman–Crippen LogP) is 2.68. The van der Waals surface area contributed by atoms with E-state index < -0.39 is 10.0 Å². The molecule has 0 aliphatic carbocycles. The van der Waals surface area contributed by atoms with Gasteiger partial charge in [-0.15, -0.1) is 0 Å².